The van der Waals surface area contributed by atoms with Crippen molar-refractivity contribution in [3.63, 3.8) is 0 Å². The van der Waals surface area contributed by atoms with E-state index in [-0.39, 0.29) is 18.4 Å². The largest absolute Gasteiger partial charge is 0.489 e. The minimum atomic E-state index is -0.379. The maximum atomic E-state index is 12.8. The van der Waals surface area contributed by atoms with Crippen LogP contribution in [0.1, 0.15) is 21.5 Å². The van der Waals surface area contributed by atoms with E-state index in [9.17, 15) is 9.59 Å². The molecule has 0 saturated heterocycles. The van der Waals surface area contributed by atoms with Gasteiger partial charge >= 0.3 is 0 Å². The number of anilines is 1. The lowest BCUT2D eigenvalue weighted by Crippen LogP contribution is -2.37. The van der Waals surface area contributed by atoms with Gasteiger partial charge in [0.25, 0.3) is 11.8 Å². The lowest BCUT2D eigenvalue weighted by Gasteiger charge is -2.16. The van der Waals surface area contributed by atoms with Crippen LogP contribution in [0.3, 0.4) is 0 Å². The molecule has 4 aromatic carbocycles. The van der Waals surface area contributed by atoms with Gasteiger partial charge in [-0.3, -0.25) is 14.5 Å². The summed E-state index contributed by atoms with van der Waals surface area (Å²) in [5.74, 6) is 0.151. The third kappa shape index (κ3) is 4.49. The molecule has 0 aliphatic carbocycles. The van der Waals surface area contributed by atoms with Gasteiger partial charge in [0.15, 0.2) is 0 Å². The van der Waals surface area contributed by atoms with Gasteiger partial charge in [-0.15, -0.1) is 0 Å². The van der Waals surface area contributed by atoms with E-state index in [4.69, 9.17) is 16.3 Å². The summed E-state index contributed by atoms with van der Waals surface area (Å²) >= 11 is 5.99. The van der Waals surface area contributed by atoms with Gasteiger partial charge in [0.2, 0.25) is 0 Å². The van der Waals surface area contributed by atoms with Gasteiger partial charge < -0.3 is 4.74 Å². The highest BCUT2D eigenvalue weighted by Crippen LogP contribution is 2.36. The molecule has 1 heterocycles. The summed E-state index contributed by atoms with van der Waals surface area (Å²) in [7, 11) is 0. The average molecular weight is 470 g/mol. The third-order valence-corrected chi connectivity index (χ3v) is 5.76. The van der Waals surface area contributed by atoms with E-state index in [0.29, 0.717) is 22.9 Å². The van der Waals surface area contributed by atoms with E-state index in [2.05, 4.69) is 10.5 Å². The Morgan fingerprint density at radius 1 is 1.00 bits per heavy atom. The predicted molar refractivity (Wildman–Crippen MR) is 134 cm³/mol. The van der Waals surface area contributed by atoms with Crippen molar-refractivity contribution >= 4 is 46.1 Å². The predicted octanol–water partition coefficient (Wildman–Crippen LogP) is 5.18. The van der Waals surface area contributed by atoms with Crippen molar-refractivity contribution < 1.29 is 14.3 Å². The van der Waals surface area contributed by atoms with Crippen molar-refractivity contribution in [1.29, 1.82) is 0 Å². The molecule has 0 spiro atoms. The monoisotopic (exact) mass is 469 g/mol. The fourth-order valence-corrected chi connectivity index (χ4v) is 4.15. The highest BCUT2D eigenvalue weighted by molar-refractivity contribution is 6.30. The molecule has 168 valence electrons. The lowest BCUT2D eigenvalue weighted by atomic mass is 10.1. The molecule has 5 rings (SSSR count). The van der Waals surface area contributed by atoms with Crippen LogP contribution in [0.4, 0.5) is 5.69 Å². The topological polar surface area (TPSA) is 71.0 Å². The van der Waals surface area contributed by atoms with Crippen LogP contribution < -0.4 is 15.1 Å². The van der Waals surface area contributed by atoms with Gasteiger partial charge in [-0.25, -0.2) is 5.43 Å². The number of rotatable bonds is 7. The second kappa shape index (κ2) is 9.37. The molecule has 0 bridgehead atoms. The molecule has 1 N–H and O–H groups in total. The fourth-order valence-electron chi connectivity index (χ4n) is 3.94. The smallest absolute Gasteiger partial charge is 0.260 e. The number of amides is 2. The molecule has 4 aromatic rings. The Morgan fingerprint density at radius 2 is 1.76 bits per heavy atom. The van der Waals surface area contributed by atoms with E-state index in [1.807, 2.05) is 78.9 Å². The van der Waals surface area contributed by atoms with Crippen molar-refractivity contribution in [3.8, 4) is 5.75 Å². The van der Waals surface area contributed by atoms with Gasteiger partial charge in [-0.2, -0.15) is 5.10 Å². The van der Waals surface area contributed by atoms with E-state index in [1.54, 1.807) is 12.3 Å². The molecule has 0 aromatic heterocycles. The van der Waals surface area contributed by atoms with Gasteiger partial charge in [0.05, 0.1) is 11.9 Å². The van der Waals surface area contributed by atoms with Crippen molar-refractivity contribution in [2.45, 2.75) is 6.61 Å². The van der Waals surface area contributed by atoms with Crippen LogP contribution in [0.2, 0.25) is 5.02 Å². The second-order valence-electron chi connectivity index (χ2n) is 7.85. The van der Waals surface area contributed by atoms with Crippen molar-refractivity contribution in [2.24, 2.45) is 5.10 Å². The highest BCUT2D eigenvalue weighted by Gasteiger charge is 2.30. The maximum absolute atomic E-state index is 12.8. The zero-order valence-corrected chi connectivity index (χ0v) is 18.8. The first-order valence-electron chi connectivity index (χ1n) is 10.7. The molecule has 2 amide bonds. The first-order chi connectivity index (χ1) is 16.6. The Hall–Kier alpha value is -4.16. The Bertz CT molecular complexity index is 1410. The Balaban J connectivity index is 1.16. The molecule has 0 atom stereocenters. The SMILES string of the molecule is O=C(CN1C(=O)c2cccc3cccc1c23)NN=Cc1ccc(OCc2cccc(Cl)c2)cc1. The number of halogens is 1. The number of hydrogen-bond acceptors (Lipinski definition) is 4. The number of ether oxygens (including phenoxy) is 1. The van der Waals surface area contributed by atoms with Gasteiger partial charge in [-0.1, -0.05) is 48.0 Å². The first-order valence-corrected chi connectivity index (χ1v) is 11.1. The molecular formula is C27H20ClN3O3. The minimum absolute atomic E-state index is 0.111. The van der Waals surface area contributed by atoms with Crippen LogP contribution in [-0.4, -0.2) is 24.6 Å². The molecule has 7 heteroatoms. The van der Waals surface area contributed by atoms with Crippen LogP contribution in [0.5, 0.6) is 5.75 Å². The van der Waals surface area contributed by atoms with Gasteiger partial charge in [0, 0.05) is 16.0 Å². The Labute approximate surface area is 201 Å². The fraction of sp³-hybridized carbons (Fsp3) is 0.0741. The summed E-state index contributed by atoms with van der Waals surface area (Å²) in [6.45, 7) is 0.303. The quantitative estimate of drug-likeness (QED) is 0.299. The number of benzene rings is 4. The van der Waals surface area contributed by atoms with E-state index in [1.165, 1.54) is 4.90 Å². The molecule has 0 saturated carbocycles. The Kier molecular flexibility index (Phi) is 5.97. The third-order valence-electron chi connectivity index (χ3n) is 5.53. The average Bonchev–Trinajstić information content (AvgIpc) is 3.12. The number of nitrogens with zero attached hydrogens (tertiary/aromatic N) is 2. The van der Waals surface area contributed by atoms with Gasteiger partial charge in [0.1, 0.15) is 18.9 Å². The van der Waals surface area contributed by atoms with Crippen LogP contribution in [0, 0.1) is 0 Å². The van der Waals surface area contributed by atoms with Crippen molar-refractivity contribution in [3.05, 3.63) is 107 Å². The molecule has 1 aliphatic rings. The van der Waals surface area contributed by atoms with Crippen molar-refractivity contribution in [1.82, 2.24) is 5.43 Å². The van der Waals surface area contributed by atoms with Crippen LogP contribution >= 0.6 is 11.6 Å². The summed E-state index contributed by atoms with van der Waals surface area (Å²) in [6, 6.07) is 26.1. The zero-order chi connectivity index (χ0) is 23.5. The van der Waals surface area contributed by atoms with Gasteiger partial charge in [-0.05, 0) is 65.0 Å². The standard InChI is InChI=1S/C27H20ClN3O3/c28-21-7-1-4-19(14-21)17-34-22-12-10-18(11-13-22)15-29-30-25(32)16-31-24-9-3-6-20-5-2-8-23(26(20)24)27(31)33/h1-15H,16-17H2,(H,30,32). The summed E-state index contributed by atoms with van der Waals surface area (Å²) in [6.07, 6.45) is 1.54. The summed E-state index contributed by atoms with van der Waals surface area (Å²) in [5.41, 5.74) is 5.63. The minimum Gasteiger partial charge on any atom is -0.489 e. The normalized spacial score (nSPS) is 12.5. The highest BCUT2D eigenvalue weighted by atomic mass is 35.5. The number of nitrogens with one attached hydrogen (secondary N) is 1. The number of carbonyl (C=O) groups excluding carboxylic acids is 2. The van der Waals surface area contributed by atoms with E-state index >= 15 is 0 Å². The molecule has 0 fully saturated rings. The van der Waals surface area contributed by atoms with Crippen LogP contribution in [0.15, 0.2) is 90.0 Å². The molecule has 0 unspecified atom stereocenters. The zero-order valence-electron chi connectivity index (χ0n) is 18.1. The summed E-state index contributed by atoms with van der Waals surface area (Å²) in [5, 5.41) is 6.55. The molecule has 34 heavy (non-hydrogen) atoms. The maximum Gasteiger partial charge on any atom is 0.260 e. The number of hydrazone groups is 1. The number of hydrogen-bond donors (Lipinski definition) is 1. The van der Waals surface area contributed by atoms with Crippen molar-refractivity contribution in [2.75, 3.05) is 11.4 Å². The van der Waals surface area contributed by atoms with Crippen LogP contribution in [-0.2, 0) is 11.4 Å². The lowest BCUT2D eigenvalue weighted by molar-refractivity contribution is -0.119. The second-order valence-corrected chi connectivity index (χ2v) is 8.29. The Morgan fingerprint density at radius 3 is 2.56 bits per heavy atom. The van der Waals surface area contributed by atoms with E-state index in [0.717, 1.165) is 27.6 Å². The number of carbonyl (C=O) groups is 2. The molecule has 1 aliphatic heterocycles. The molecular weight excluding hydrogens is 450 g/mol. The molecule has 0 radical (unpaired) electrons. The first kappa shape index (κ1) is 21.7. The molecule has 6 nitrogen and oxygen atoms in total. The van der Waals surface area contributed by atoms with Crippen LogP contribution in [0.25, 0.3) is 10.8 Å². The summed E-state index contributed by atoms with van der Waals surface area (Å²) < 4.78 is 5.77. The van der Waals surface area contributed by atoms with E-state index < -0.39 is 0 Å². The summed E-state index contributed by atoms with van der Waals surface area (Å²) in [4.78, 5) is 26.7.